The highest BCUT2D eigenvalue weighted by atomic mass is 15.4. The predicted molar refractivity (Wildman–Crippen MR) is 46.4 cm³/mol. The zero-order chi connectivity index (χ0) is 8.69. The molecule has 0 amide bonds. The highest BCUT2D eigenvalue weighted by Crippen LogP contribution is 1.84. The van der Waals surface area contributed by atoms with E-state index in [-0.39, 0.29) is 0 Å². The highest BCUT2D eigenvalue weighted by molar-refractivity contribution is 6.00. The largest absolute Gasteiger partial charge is 0.306 e. The van der Waals surface area contributed by atoms with Gasteiger partial charge in [0.2, 0.25) is 0 Å². The van der Waals surface area contributed by atoms with E-state index in [1.807, 2.05) is 0 Å². The van der Waals surface area contributed by atoms with E-state index in [0.29, 0.717) is 5.71 Å². The van der Waals surface area contributed by atoms with Crippen LogP contribution in [-0.4, -0.2) is 18.5 Å². The molecular formula is C7H12N4. The van der Waals surface area contributed by atoms with Crippen molar-refractivity contribution in [3.8, 4) is 0 Å². The minimum absolute atomic E-state index is 0.494. The van der Waals surface area contributed by atoms with Gasteiger partial charge in [0, 0.05) is 5.71 Å². The minimum Gasteiger partial charge on any atom is -0.306 e. The Morgan fingerprint density at radius 1 is 1.27 bits per heavy atom. The summed E-state index contributed by atoms with van der Waals surface area (Å²) in [7, 11) is 1.56. The molecule has 0 aromatic carbocycles. The van der Waals surface area contributed by atoms with E-state index < -0.39 is 0 Å². The first-order valence-corrected chi connectivity index (χ1v) is 3.23. The smallest absolute Gasteiger partial charge is 0.0618 e. The van der Waals surface area contributed by atoms with Crippen molar-refractivity contribution in [2.24, 2.45) is 15.4 Å². The van der Waals surface area contributed by atoms with Crippen molar-refractivity contribution in [1.82, 2.24) is 0 Å². The summed E-state index contributed by atoms with van der Waals surface area (Å²) < 4.78 is 0. The third-order valence-corrected chi connectivity index (χ3v) is 0.866. The SMILES string of the molecule is CN=N/N=C(C)\C=C/C(C)=N. The van der Waals surface area contributed by atoms with Crippen LogP contribution in [-0.2, 0) is 0 Å². The molecule has 0 atom stereocenters. The Morgan fingerprint density at radius 3 is 2.36 bits per heavy atom. The average Bonchev–Trinajstić information content (AvgIpc) is 1.97. The second kappa shape index (κ2) is 5.46. The van der Waals surface area contributed by atoms with Gasteiger partial charge in [-0.1, -0.05) is 0 Å². The maximum absolute atomic E-state index is 7.07. The van der Waals surface area contributed by atoms with Crippen molar-refractivity contribution in [3.63, 3.8) is 0 Å². The zero-order valence-electron chi connectivity index (χ0n) is 7.00. The maximum Gasteiger partial charge on any atom is 0.0618 e. The molecule has 1 N–H and O–H groups in total. The number of nitrogens with one attached hydrogen (secondary N) is 1. The summed E-state index contributed by atoms with van der Waals surface area (Å²) in [4.78, 5) is 0. The van der Waals surface area contributed by atoms with Gasteiger partial charge in [-0.25, -0.2) is 0 Å². The van der Waals surface area contributed by atoms with E-state index in [0.717, 1.165) is 5.71 Å². The number of rotatable bonds is 3. The predicted octanol–water partition coefficient (Wildman–Crippen LogP) is 2.04. The van der Waals surface area contributed by atoms with Crippen LogP contribution in [0.3, 0.4) is 0 Å². The van der Waals surface area contributed by atoms with Gasteiger partial charge in [-0.3, -0.25) is 0 Å². The van der Waals surface area contributed by atoms with Gasteiger partial charge >= 0.3 is 0 Å². The Hall–Kier alpha value is -1.32. The van der Waals surface area contributed by atoms with Gasteiger partial charge in [0.15, 0.2) is 0 Å². The molecule has 60 valence electrons. The lowest BCUT2D eigenvalue weighted by molar-refractivity contribution is 1.02. The normalized spacial score (nSPS) is 13.2. The van der Waals surface area contributed by atoms with Crippen molar-refractivity contribution in [2.45, 2.75) is 13.8 Å². The first kappa shape index (κ1) is 9.68. The number of hydrogen-bond donors (Lipinski definition) is 1. The van der Waals surface area contributed by atoms with Gasteiger partial charge < -0.3 is 5.41 Å². The monoisotopic (exact) mass is 152 g/mol. The molecule has 4 heteroatoms. The lowest BCUT2D eigenvalue weighted by atomic mass is 10.3. The molecule has 0 fully saturated rings. The van der Waals surface area contributed by atoms with Crippen LogP contribution in [0.1, 0.15) is 13.8 Å². The fourth-order valence-corrected chi connectivity index (χ4v) is 0.394. The van der Waals surface area contributed by atoms with Crippen LogP contribution in [0.2, 0.25) is 0 Å². The summed E-state index contributed by atoms with van der Waals surface area (Å²) in [5, 5.41) is 17.7. The summed E-state index contributed by atoms with van der Waals surface area (Å²) in [5.41, 5.74) is 1.23. The quantitative estimate of drug-likeness (QED) is 0.365. The first-order valence-electron chi connectivity index (χ1n) is 3.23. The standard InChI is InChI=1S/C7H12N4/c1-6(8)4-5-7(2)10-11-9-3/h4-5,8H,1-3H3/b5-4-,8-6?,10-7-,11-9?. The molecule has 0 rings (SSSR count). The average molecular weight is 152 g/mol. The van der Waals surface area contributed by atoms with E-state index >= 15 is 0 Å². The molecule has 11 heavy (non-hydrogen) atoms. The molecule has 0 aliphatic rings. The van der Waals surface area contributed by atoms with E-state index in [1.54, 1.807) is 33.0 Å². The summed E-state index contributed by atoms with van der Waals surface area (Å²) in [6, 6.07) is 0. The third kappa shape index (κ3) is 6.57. The lowest BCUT2D eigenvalue weighted by Crippen LogP contribution is -1.85. The molecule has 0 bridgehead atoms. The van der Waals surface area contributed by atoms with Crippen LogP contribution in [0.4, 0.5) is 0 Å². The van der Waals surface area contributed by atoms with Crippen LogP contribution >= 0.6 is 0 Å². The van der Waals surface area contributed by atoms with Crippen molar-refractivity contribution >= 4 is 11.4 Å². The van der Waals surface area contributed by atoms with Crippen LogP contribution in [0, 0.1) is 5.41 Å². The van der Waals surface area contributed by atoms with Gasteiger partial charge in [-0.2, -0.15) is 5.11 Å². The first-order chi connectivity index (χ1) is 5.16. The van der Waals surface area contributed by atoms with Gasteiger partial charge in [0.25, 0.3) is 0 Å². The molecule has 0 heterocycles. The summed E-state index contributed by atoms with van der Waals surface area (Å²) in [6.07, 6.45) is 3.38. The topological polar surface area (TPSA) is 60.9 Å². The maximum atomic E-state index is 7.07. The number of allylic oxidation sites excluding steroid dienone is 2. The zero-order valence-corrected chi connectivity index (χ0v) is 7.00. The molecule has 0 aliphatic carbocycles. The minimum atomic E-state index is 0.494. The lowest BCUT2D eigenvalue weighted by Gasteiger charge is -1.84. The van der Waals surface area contributed by atoms with E-state index in [9.17, 15) is 0 Å². The third-order valence-electron chi connectivity index (χ3n) is 0.866. The van der Waals surface area contributed by atoms with Crippen molar-refractivity contribution < 1.29 is 0 Å². The summed E-state index contributed by atoms with van der Waals surface area (Å²) in [5.74, 6) is 0. The Kier molecular flexibility index (Phi) is 4.81. The molecular weight excluding hydrogens is 140 g/mol. The molecule has 0 spiro atoms. The Labute approximate surface area is 66.2 Å². The van der Waals surface area contributed by atoms with Crippen LogP contribution < -0.4 is 0 Å². The van der Waals surface area contributed by atoms with Gasteiger partial charge in [0.1, 0.15) is 0 Å². The molecule has 0 saturated carbocycles. The molecule has 0 aliphatic heterocycles. The fraction of sp³-hybridized carbons (Fsp3) is 0.429. The molecule has 0 unspecified atom stereocenters. The van der Waals surface area contributed by atoms with Crippen LogP contribution in [0.15, 0.2) is 27.6 Å². The van der Waals surface area contributed by atoms with E-state index in [4.69, 9.17) is 5.41 Å². The summed E-state index contributed by atoms with van der Waals surface area (Å²) in [6.45, 7) is 3.50. The summed E-state index contributed by atoms with van der Waals surface area (Å²) >= 11 is 0. The van der Waals surface area contributed by atoms with E-state index in [1.165, 1.54) is 0 Å². The molecule has 4 nitrogen and oxygen atoms in total. The van der Waals surface area contributed by atoms with Crippen LogP contribution in [0.25, 0.3) is 0 Å². The molecule has 0 aromatic rings. The second-order valence-corrected chi connectivity index (χ2v) is 2.05. The van der Waals surface area contributed by atoms with Crippen LogP contribution in [0.5, 0.6) is 0 Å². The molecule has 0 radical (unpaired) electrons. The van der Waals surface area contributed by atoms with Gasteiger partial charge in [-0.15, -0.1) is 5.10 Å². The van der Waals surface area contributed by atoms with Gasteiger partial charge in [-0.05, 0) is 31.2 Å². The fourth-order valence-electron chi connectivity index (χ4n) is 0.394. The van der Waals surface area contributed by atoms with Crippen molar-refractivity contribution in [1.29, 1.82) is 5.41 Å². The Bertz CT molecular complexity index is 212. The second-order valence-electron chi connectivity index (χ2n) is 2.05. The molecule has 0 aromatic heterocycles. The number of nitrogens with zero attached hydrogens (tertiary/aromatic N) is 3. The Morgan fingerprint density at radius 2 is 1.91 bits per heavy atom. The van der Waals surface area contributed by atoms with Crippen molar-refractivity contribution in [3.05, 3.63) is 12.2 Å². The van der Waals surface area contributed by atoms with Gasteiger partial charge in [0.05, 0.1) is 12.8 Å². The van der Waals surface area contributed by atoms with Crippen molar-refractivity contribution in [2.75, 3.05) is 7.05 Å². The molecule has 0 saturated heterocycles. The van der Waals surface area contributed by atoms with E-state index in [2.05, 4.69) is 15.4 Å². The Balaban J connectivity index is 4.05. The highest BCUT2D eigenvalue weighted by Gasteiger charge is 1.81. The number of hydrogen-bond acceptors (Lipinski definition) is 3.